The predicted octanol–water partition coefficient (Wildman–Crippen LogP) is 3.65. The van der Waals surface area contributed by atoms with Crippen LogP contribution in [0.15, 0.2) is 0 Å². The number of Topliss-reactive ketones (excluding diaryl/α,β-unsaturated/α-hetero) is 2. The first kappa shape index (κ1) is 19.6. The van der Waals surface area contributed by atoms with Gasteiger partial charge in [0.25, 0.3) is 0 Å². The normalized spacial score (nSPS) is 11.7. The van der Waals surface area contributed by atoms with E-state index >= 15 is 0 Å². The van der Waals surface area contributed by atoms with Gasteiger partial charge in [0.2, 0.25) is 0 Å². The molecule has 18 heavy (non-hydrogen) atoms. The summed E-state index contributed by atoms with van der Waals surface area (Å²) in [6.07, 6.45) is 2.37. The van der Waals surface area contributed by atoms with Gasteiger partial charge in [0.05, 0.1) is 0 Å². The third kappa shape index (κ3) is 15.3. The molecule has 0 radical (unpaired) electrons. The van der Waals surface area contributed by atoms with Crippen molar-refractivity contribution in [2.45, 2.75) is 60.8 Å². The Morgan fingerprint density at radius 1 is 1.11 bits per heavy atom. The van der Waals surface area contributed by atoms with Gasteiger partial charge in [-0.3, -0.25) is 4.79 Å². The lowest BCUT2D eigenvalue weighted by Gasteiger charge is -2.06. The van der Waals surface area contributed by atoms with Gasteiger partial charge < -0.3 is 9.53 Å². The third-order valence-corrected chi connectivity index (χ3v) is 2.65. The topological polar surface area (TPSA) is 43.4 Å². The molecule has 3 nitrogen and oxygen atoms in total. The van der Waals surface area contributed by atoms with Crippen LogP contribution >= 0.6 is 0 Å². The smallest absolute Gasteiger partial charge is 0.133 e. The molecular formula is C15H30O3. The second-order valence-electron chi connectivity index (χ2n) is 5.00. The lowest BCUT2D eigenvalue weighted by molar-refractivity contribution is -0.125. The Labute approximate surface area is 112 Å². The van der Waals surface area contributed by atoms with Crippen molar-refractivity contribution < 1.29 is 14.3 Å². The lowest BCUT2D eigenvalue weighted by Crippen LogP contribution is -2.12. The number of hydrogen-bond acceptors (Lipinski definition) is 3. The van der Waals surface area contributed by atoms with Crippen molar-refractivity contribution in [3.8, 4) is 0 Å². The predicted molar refractivity (Wildman–Crippen MR) is 75.7 cm³/mol. The van der Waals surface area contributed by atoms with E-state index < -0.39 is 0 Å². The van der Waals surface area contributed by atoms with E-state index in [9.17, 15) is 9.59 Å². The Morgan fingerprint density at radius 3 is 1.89 bits per heavy atom. The Kier molecular flexibility index (Phi) is 13.9. The fourth-order valence-corrected chi connectivity index (χ4v) is 1.39. The summed E-state index contributed by atoms with van der Waals surface area (Å²) in [4.78, 5) is 21.3. The molecule has 3 heteroatoms. The summed E-state index contributed by atoms with van der Waals surface area (Å²) in [5.41, 5.74) is 0. The highest BCUT2D eigenvalue weighted by molar-refractivity contribution is 5.85. The Bertz CT molecular complexity index is 222. The van der Waals surface area contributed by atoms with Crippen molar-refractivity contribution in [1.82, 2.24) is 0 Å². The standard InChI is InChI=1S/C8H14O2.C7H16O/c1-4-8(7(3)10)5-6(2)9;1-4-8-6-5-7(2)3/h8H,4-5H2,1-3H3;7H,4-6H2,1-3H3/t8-;/m1./s1. The van der Waals surface area contributed by atoms with E-state index in [4.69, 9.17) is 4.74 Å². The van der Waals surface area contributed by atoms with E-state index in [1.165, 1.54) is 20.3 Å². The van der Waals surface area contributed by atoms with Crippen molar-refractivity contribution in [2.24, 2.45) is 11.8 Å². The highest BCUT2D eigenvalue weighted by Gasteiger charge is 2.12. The maximum absolute atomic E-state index is 10.8. The maximum Gasteiger partial charge on any atom is 0.133 e. The molecule has 0 aliphatic rings. The van der Waals surface area contributed by atoms with Gasteiger partial charge in [0.15, 0.2) is 0 Å². The van der Waals surface area contributed by atoms with E-state index in [1.807, 2.05) is 13.8 Å². The summed E-state index contributed by atoms with van der Waals surface area (Å²) in [6.45, 7) is 13.2. The largest absolute Gasteiger partial charge is 0.382 e. The minimum Gasteiger partial charge on any atom is -0.382 e. The first-order valence-corrected chi connectivity index (χ1v) is 6.92. The van der Waals surface area contributed by atoms with Crippen molar-refractivity contribution in [2.75, 3.05) is 13.2 Å². The molecule has 0 aromatic heterocycles. The average molecular weight is 258 g/mol. The van der Waals surface area contributed by atoms with Crippen molar-refractivity contribution >= 4 is 11.6 Å². The van der Waals surface area contributed by atoms with Gasteiger partial charge in [-0.1, -0.05) is 20.8 Å². The molecule has 0 amide bonds. The SMILES string of the molecule is CCOCCC(C)C.CC[C@H](CC(C)=O)C(C)=O. The fourth-order valence-electron chi connectivity index (χ4n) is 1.39. The van der Waals surface area contributed by atoms with Gasteiger partial charge in [0, 0.05) is 25.6 Å². The van der Waals surface area contributed by atoms with Crippen LogP contribution in [0, 0.1) is 11.8 Å². The summed E-state index contributed by atoms with van der Waals surface area (Å²) < 4.78 is 5.14. The first-order valence-electron chi connectivity index (χ1n) is 6.92. The Hall–Kier alpha value is -0.700. The number of rotatable bonds is 8. The molecule has 0 rings (SSSR count). The summed E-state index contributed by atoms with van der Waals surface area (Å²) in [5.74, 6) is 0.957. The molecular weight excluding hydrogens is 228 g/mol. The summed E-state index contributed by atoms with van der Waals surface area (Å²) >= 11 is 0. The molecule has 0 heterocycles. The van der Waals surface area contributed by atoms with Crippen molar-refractivity contribution in [3.05, 3.63) is 0 Å². The zero-order valence-electron chi connectivity index (χ0n) is 12.9. The molecule has 0 bridgehead atoms. The quantitative estimate of drug-likeness (QED) is 0.624. The summed E-state index contributed by atoms with van der Waals surface area (Å²) in [7, 11) is 0. The van der Waals surface area contributed by atoms with Crippen LogP contribution < -0.4 is 0 Å². The number of ketones is 2. The molecule has 1 atom stereocenters. The first-order chi connectivity index (χ1) is 8.34. The highest BCUT2D eigenvalue weighted by atomic mass is 16.5. The molecule has 0 saturated carbocycles. The van der Waals surface area contributed by atoms with Crippen LogP contribution in [0.4, 0.5) is 0 Å². The van der Waals surface area contributed by atoms with Gasteiger partial charge in [0.1, 0.15) is 11.6 Å². The van der Waals surface area contributed by atoms with Crippen molar-refractivity contribution in [3.63, 3.8) is 0 Å². The number of hydrogen-bond donors (Lipinski definition) is 0. The fraction of sp³-hybridized carbons (Fsp3) is 0.867. The summed E-state index contributed by atoms with van der Waals surface area (Å²) in [5, 5.41) is 0. The summed E-state index contributed by atoms with van der Waals surface area (Å²) in [6, 6.07) is 0. The van der Waals surface area contributed by atoms with Crippen LogP contribution in [-0.2, 0) is 14.3 Å². The molecule has 0 spiro atoms. The van der Waals surface area contributed by atoms with E-state index in [2.05, 4.69) is 13.8 Å². The Morgan fingerprint density at radius 2 is 1.67 bits per heavy atom. The second kappa shape index (κ2) is 12.7. The molecule has 0 aromatic rings. The molecule has 108 valence electrons. The number of ether oxygens (including phenoxy) is 1. The Balaban J connectivity index is 0. The molecule has 0 unspecified atom stereocenters. The molecule has 0 fully saturated rings. The molecule has 0 saturated heterocycles. The van der Waals surface area contributed by atoms with Gasteiger partial charge >= 0.3 is 0 Å². The maximum atomic E-state index is 10.8. The second-order valence-corrected chi connectivity index (χ2v) is 5.00. The average Bonchev–Trinajstić information content (AvgIpc) is 2.26. The minimum atomic E-state index is -0.0440. The highest BCUT2D eigenvalue weighted by Crippen LogP contribution is 2.09. The van der Waals surface area contributed by atoms with E-state index in [1.54, 1.807) is 0 Å². The molecule has 0 aliphatic carbocycles. The molecule has 0 aromatic carbocycles. The van der Waals surface area contributed by atoms with E-state index in [0.29, 0.717) is 6.42 Å². The van der Waals surface area contributed by atoms with Gasteiger partial charge in [-0.25, -0.2) is 0 Å². The van der Waals surface area contributed by atoms with Gasteiger partial charge in [-0.15, -0.1) is 0 Å². The zero-order valence-corrected chi connectivity index (χ0v) is 12.9. The molecule has 0 N–H and O–H groups in total. The van der Waals surface area contributed by atoms with Crippen LogP contribution in [0.1, 0.15) is 60.8 Å². The van der Waals surface area contributed by atoms with E-state index in [0.717, 1.165) is 25.6 Å². The van der Waals surface area contributed by atoms with Crippen LogP contribution in [0.2, 0.25) is 0 Å². The van der Waals surface area contributed by atoms with Crippen LogP contribution in [-0.4, -0.2) is 24.8 Å². The van der Waals surface area contributed by atoms with Crippen LogP contribution in [0.5, 0.6) is 0 Å². The number of carbonyl (C=O) groups is 2. The van der Waals surface area contributed by atoms with Gasteiger partial charge in [-0.05, 0) is 39.5 Å². The third-order valence-electron chi connectivity index (χ3n) is 2.65. The van der Waals surface area contributed by atoms with Crippen LogP contribution in [0.25, 0.3) is 0 Å². The lowest BCUT2D eigenvalue weighted by atomic mass is 9.96. The number of carbonyl (C=O) groups excluding carboxylic acids is 2. The van der Waals surface area contributed by atoms with Crippen LogP contribution in [0.3, 0.4) is 0 Å². The zero-order chi connectivity index (χ0) is 14.6. The van der Waals surface area contributed by atoms with Gasteiger partial charge in [-0.2, -0.15) is 0 Å². The molecule has 0 aliphatic heterocycles. The minimum absolute atomic E-state index is 0.0440. The monoisotopic (exact) mass is 258 g/mol. The van der Waals surface area contributed by atoms with E-state index in [-0.39, 0.29) is 17.5 Å². The van der Waals surface area contributed by atoms with Crippen molar-refractivity contribution in [1.29, 1.82) is 0 Å².